The zero-order valence-electron chi connectivity index (χ0n) is 11.8. The van der Waals surface area contributed by atoms with Crippen LogP contribution in [0.5, 0.6) is 0 Å². The van der Waals surface area contributed by atoms with Crippen molar-refractivity contribution in [3.63, 3.8) is 0 Å². The highest BCUT2D eigenvalue weighted by Gasteiger charge is 2.13. The third-order valence-electron chi connectivity index (χ3n) is 2.67. The third-order valence-corrected chi connectivity index (χ3v) is 4.14. The number of anilines is 1. The Morgan fingerprint density at radius 3 is 2.45 bits per heavy atom. The molecule has 1 aromatic carbocycles. The SMILES string of the molecule is CCCNS(=O)(=O)c1ccc(NC(CO)COC)cc1. The summed E-state index contributed by atoms with van der Waals surface area (Å²) >= 11 is 0. The summed E-state index contributed by atoms with van der Waals surface area (Å²) in [5.74, 6) is 0. The Morgan fingerprint density at radius 1 is 1.30 bits per heavy atom. The molecule has 1 atom stereocenters. The minimum Gasteiger partial charge on any atom is -0.394 e. The Labute approximate surface area is 120 Å². The van der Waals surface area contributed by atoms with Crippen LogP contribution in [0.1, 0.15) is 13.3 Å². The van der Waals surface area contributed by atoms with Crippen molar-refractivity contribution >= 4 is 15.7 Å². The van der Waals surface area contributed by atoms with Gasteiger partial charge in [0.1, 0.15) is 0 Å². The van der Waals surface area contributed by atoms with Crippen LogP contribution in [0.4, 0.5) is 5.69 Å². The second-order valence-corrected chi connectivity index (χ2v) is 6.17. The number of benzene rings is 1. The number of nitrogens with one attached hydrogen (secondary N) is 2. The highest BCUT2D eigenvalue weighted by molar-refractivity contribution is 7.89. The molecule has 20 heavy (non-hydrogen) atoms. The second-order valence-electron chi connectivity index (χ2n) is 4.40. The zero-order valence-corrected chi connectivity index (χ0v) is 12.6. The summed E-state index contributed by atoms with van der Waals surface area (Å²) in [5.41, 5.74) is 0.732. The van der Waals surface area contributed by atoms with Gasteiger partial charge in [-0.1, -0.05) is 6.92 Å². The number of sulfonamides is 1. The second kappa shape index (κ2) is 8.21. The molecule has 7 heteroatoms. The monoisotopic (exact) mass is 302 g/mol. The van der Waals surface area contributed by atoms with Gasteiger partial charge in [-0.15, -0.1) is 0 Å². The lowest BCUT2D eigenvalue weighted by Gasteiger charge is -2.16. The van der Waals surface area contributed by atoms with E-state index in [-0.39, 0.29) is 17.5 Å². The fourth-order valence-electron chi connectivity index (χ4n) is 1.63. The molecule has 0 aromatic heterocycles. The number of rotatable bonds is 9. The number of methoxy groups -OCH3 is 1. The van der Waals surface area contributed by atoms with Crippen LogP contribution in [0.15, 0.2) is 29.2 Å². The van der Waals surface area contributed by atoms with E-state index in [0.29, 0.717) is 13.2 Å². The largest absolute Gasteiger partial charge is 0.394 e. The fraction of sp³-hybridized carbons (Fsp3) is 0.538. The van der Waals surface area contributed by atoms with E-state index >= 15 is 0 Å². The summed E-state index contributed by atoms with van der Waals surface area (Å²) in [6.07, 6.45) is 0.744. The Morgan fingerprint density at radius 2 is 1.95 bits per heavy atom. The Kier molecular flexibility index (Phi) is 6.94. The van der Waals surface area contributed by atoms with Gasteiger partial charge in [-0.3, -0.25) is 0 Å². The molecular weight excluding hydrogens is 280 g/mol. The van der Waals surface area contributed by atoms with Gasteiger partial charge in [-0.25, -0.2) is 13.1 Å². The Bertz CT molecular complexity index is 488. The molecule has 1 rings (SSSR count). The number of ether oxygens (including phenoxy) is 1. The minimum atomic E-state index is -3.44. The molecule has 114 valence electrons. The van der Waals surface area contributed by atoms with E-state index in [1.165, 1.54) is 12.1 Å². The Balaban J connectivity index is 2.73. The van der Waals surface area contributed by atoms with Crippen LogP contribution in [0.3, 0.4) is 0 Å². The van der Waals surface area contributed by atoms with Gasteiger partial charge in [0, 0.05) is 19.3 Å². The van der Waals surface area contributed by atoms with Gasteiger partial charge in [0.15, 0.2) is 0 Å². The summed E-state index contributed by atoms with van der Waals surface area (Å²) in [5, 5.41) is 12.2. The third kappa shape index (κ3) is 5.09. The molecule has 3 N–H and O–H groups in total. The van der Waals surface area contributed by atoms with Crippen LogP contribution < -0.4 is 10.0 Å². The molecular formula is C13H22N2O4S. The predicted molar refractivity (Wildman–Crippen MR) is 78.3 cm³/mol. The van der Waals surface area contributed by atoms with E-state index in [1.54, 1.807) is 19.2 Å². The standard InChI is InChI=1S/C13H22N2O4S/c1-3-8-14-20(17,18)13-6-4-11(5-7-13)15-12(9-16)10-19-2/h4-7,12,14-16H,3,8-10H2,1-2H3. The molecule has 6 nitrogen and oxygen atoms in total. The molecule has 0 amide bonds. The van der Waals surface area contributed by atoms with Crippen molar-refractivity contribution in [2.75, 3.05) is 32.2 Å². The van der Waals surface area contributed by atoms with Gasteiger partial charge >= 0.3 is 0 Å². The predicted octanol–water partition coefficient (Wildman–Crippen LogP) is 0.794. The van der Waals surface area contributed by atoms with Crippen molar-refractivity contribution in [3.8, 4) is 0 Å². The maximum Gasteiger partial charge on any atom is 0.240 e. The van der Waals surface area contributed by atoms with Gasteiger partial charge < -0.3 is 15.2 Å². The van der Waals surface area contributed by atoms with Crippen LogP contribution in [-0.2, 0) is 14.8 Å². The molecule has 0 saturated carbocycles. The van der Waals surface area contributed by atoms with Crippen molar-refractivity contribution in [1.29, 1.82) is 0 Å². The summed E-state index contributed by atoms with van der Waals surface area (Å²) in [7, 11) is -1.88. The van der Waals surface area contributed by atoms with Crippen molar-refractivity contribution in [2.24, 2.45) is 0 Å². The summed E-state index contributed by atoms with van der Waals surface area (Å²) in [6, 6.07) is 6.17. The van der Waals surface area contributed by atoms with Crippen LogP contribution in [0.2, 0.25) is 0 Å². The van der Waals surface area contributed by atoms with Gasteiger partial charge in [-0.2, -0.15) is 0 Å². The normalized spacial score (nSPS) is 13.2. The smallest absolute Gasteiger partial charge is 0.240 e. The molecule has 1 aromatic rings. The molecule has 0 fully saturated rings. The van der Waals surface area contributed by atoms with E-state index in [0.717, 1.165) is 12.1 Å². The average molecular weight is 302 g/mol. The maximum absolute atomic E-state index is 11.9. The average Bonchev–Trinajstić information content (AvgIpc) is 2.45. The lowest BCUT2D eigenvalue weighted by Crippen LogP contribution is -2.28. The molecule has 0 bridgehead atoms. The van der Waals surface area contributed by atoms with Gasteiger partial charge in [-0.05, 0) is 30.7 Å². The lowest BCUT2D eigenvalue weighted by atomic mass is 10.2. The molecule has 1 unspecified atom stereocenters. The topological polar surface area (TPSA) is 87.7 Å². The zero-order chi connectivity index (χ0) is 15.0. The summed E-state index contributed by atoms with van der Waals surface area (Å²) in [4.78, 5) is 0.226. The van der Waals surface area contributed by atoms with Crippen LogP contribution >= 0.6 is 0 Å². The van der Waals surface area contributed by atoms with Gasteiger partial charge in [0.25, 0.3) is 0 Å². The first kappa shape index (κ1) is 16.9. The molecule has 0 radical (unpaired) electrons. The van der Waals surface area contributed by atoms with E-state index in [2.05, 4.69) is 10.0 Å². The van der Waals surface area contributed by atoms with Crippen LogP contribution in [0.25, 0.3) is 0 Å². The molecule has 0 saturated heterocycles. The molecule has 0 spiro atoms. The highest BCUT2D eigenvalue weighted by atomic mass is 32.2. The van der Waals surface area contributed by atoms with Crippen molar-refractivity contribution in [3.05, 3.63) is 24.3 Å². The number of hydrogen-bond donors (Lipinski definition) is 3. The van der Waals surface area contributed by atoms with E-state index < -0.39 is 10.0 Å². The van der Waals surface area contributed by atoms with Crippen molar-refractivity contribution < 1.29 is 18.3 Å². The van der Waals surface area contributed by atoms with Crippen molar-refractivity contribution in [1.82, 2.24) is 4.72 Å². The molecule has 0 aliphatic heterocycles. The summed E-state index contributed by atoms with van der Waals surface area (Å²) in [6.45, 7) is 2.63. The molecule has 0 heterocycles. The van der Waals surface area contributed by atoms with Crippen molar-refractivity contribution in [2.45, 2.75) is 24.3 Å². The highest BCUT2D eigenvalue weighted by Crippen LogP contribution is 2.14. The Hall–Kier alpha value is -1.15. The van der Waals surface area contributed by atoms with Gasteiger partial charge in [0.2, 0.25) is 10.0 Å². The first-order valence-corrected chi connectivity index (χ1v) is 7.98. The molecule has 0 aliphatic rings. The number of hydrogen-bond acceptors (Lipinski definition) is 5. The lowest BCUT2D eigenvalue weighted by molar-refractivity contribution is 0.153. The first-order valence-electron chi connectivity index (χ1n) is 6.49. The fourth-order valence-corrected chi connectivity index (χ4v) is 2.76. The first-order chi connectivity index (χ1) is 9.53. The molecule has 0 aliphatic carbocycles. The van der Waals surface area contributed by atoms with Crippen LogP contribution in [0, 0.1) is 0 Å². The van der Waals surface area contributed by atoms with E-state index in [4.69, 9.17) is 9.84 Å². The number of aliphatic hydroxyl groups is 1. The van der Waals surface area contributed by atoms with E-state index in [1.807, 2.05) is 6.92 Å². The minimum absolute atomic E-state index is 0.0635. The number of aliphatic hydroxyl groups excluding tert-OH is 1. The summed E-state index contributed by atoms with van der Waals surface area (Å²) < 4.78 is 31.3. The van der Waals surface area contributed by atoms with Crippen LogP contribution in [-0.4, -0.2) is 46.4 Å². The quantitative estimate of drug-likeness (QED) is 0.628. The maximum atomic E-state index is 11.9. The van der Waals surface area contributed by atoms with E-state index in [9.17, 15) is 8.42 Å². The van der Waals surface area contributed by atoms with Gasteiger partial charge in [0.05, 0.1) is 24.2 Å².